The number of pyridine rings is 1. The number of aromatic hydroxyl groups is 1. The SMILES string of the molecule is COc1ccc(Cn2cc(O)n(-c3ccc(Oc4ccnc5cc(OCCCN6CCOCC6)c(OC)cc45)c(F)c3)c2=O)cc1. The van der Waals surface area contributed by atoms with Crippen molar-refractivity contribution in [2.75, 3.05) is 53.7 Å². The minimum atomic E-state index is -0.719. The van der Waals surface area contributed by atoms with E-state index in [1.165, 1.54) is 22.9 Å². The zero-order valence-electron chi connectivity index (χ0n) is 25.6. The lowest BCUT2D eigenvalue weighted by atomic mass is 10.1. The van der Waals surface area contributed by atoms with Crippen molar-refractivity contribution < 1.29 is 33.2 Å². The molecule has 11 nitrogen and oxygen atoms in total. The molecule has 1 N–H and O–H groups in total. The molecule has 3 aromatic carbocycles. The van der Waals surface area contributed by atoms with Crippen molar-refractivity contribution in [3.8, 4) is 40.3 Å². The summed E-state index contributed by atoms with van der Waals surface area (Å²) in [5.74, 6) is 1.01. The van der Waals surface area contributed by atoms with E-state index >= 15 is 4.39 Å². The second-order valence-corrected chi connectivity index (χ2v) is 10.8. The van der Waals surface area contributed by atoms with Crippen LogP contribution in [0.4, 0.5) is 4.39 Å². The molecule has 1 aliphatic rings. The number of ether oxygens (including phenoxy) is 5. The lowest BCUT2D eigenvalue weighted by Gasteiger charge is -2.26. The van der Waals surface area contributed by atoms with Crippen LogP contribution < -0.4 is 24.6 Å². The molecule has 6 rings (SSSR count). The minimum Gasteiger partial charge on any atom is -0.497 e. The van der Waals surface area contributed by atoms with Crippen LogP contribution >= 0.6 is 0 Å². The minimum absolute atomic E-state index is 0.0659. The molecule has 1 saturated heterocycles. The van der Waals surface area contributed by atoms with Crippen LogP contribution in [0.3, 0.4) is 0 Å². The third-order valence-electron chi connectivity index (χ3n) is 7.81. The molecule has 0 atom stereocenters. The standard InChI is InChI=1S/C34H35FN4O7/c1-42-25-7-4-23(5-8-25)21-38-22-33(40)39(34(38)41)24-6-9-30(27(35)18-24)46-29-10-11-36-28-20-32(31(43-2)19-26(28)29)45-15-3-12-37-13-16-44-17-14-37/h4-11,18-20,22,40H,3,12-17,21H2,1-2H3. The number of aromatic nitrogens is 3. The van der Waals surface area contributed by atoms with Gasteiger partial charge in [0, 0.05) is 43.4 Å². The highest BCUT2D eigenvalue weighted by atomic mass is 19.1. The molecule has 1 aliphatic heterocycles. The number of methoxy groups -OCH3 is 2. The number of fused-ring (bicyclic) bond motifs is 1. The van der Waals surface area contributed by atoms with E-state index in [2.05, 4.69) is 9.88 Å². The highest BCUT2D eigenvalue weighted by Crippen LogP contribution is 2.38. The summed E-state index contributed by atoms with van der Waals surface area (Å²) in [7, 11) is 3.13. The van der Waals surface area contributed by atoms with Crippen LogP contribution in [0.1, 0.15) is 12.0 Å². The maximum absolute atomic E-state index is 15.4. The number of halogens is 1. The molecule has 2 aromatic heterocycles. The molecule has 0 saturated carbocycles. The van der Waals surface area contributed by atoms with Crippen molar-refractivity contribution in [2.24, 2.45) is 0 Å². The quantitative estimate of drug-likeness (QED) is 0.191. The lowest BCUT2D eigenvalue weighted by Crippen LogP contribution is -2.37. The van der Waals surface area contributed by atoms with Gasteiger partial charge in [0.15, 0.2) is 23.1 Å². The summed E-state index contributed by atoms with van der Waals surface area (Å²) in [5, 5.41) is 11.2. The van der Waals surface area contributed by atoms with E-state index in [1.54, 1.807) is 50.7 Å². The van der Waals surface area contributed by atoms with E-state index in [0.29, 0.717) is 40.5 Å². The van der Waals surface area contributed by atoms with Crippen LogP contribution in [-0.4, -0.2) is 77.8 Å². The van der Waals surface area contributed by atoms with E-state index in [4.69, 9.17) is 23.7 Å². The zero-order valence-corrected chi connectivity index (χ0v) is 25.6. The average Bonchev–Trinajstić information content (AvgIpc) is 3.36. The summed E-state index contributed by atoms with van der Waals surface area (Å²) >= 11 is 0. The Morgan fingerprint density at radius 1 is 0.935 bits per heavy atom. The van der Waals surface area contributed by atoms with Crippen LogP contribution in [0.25, 0.3) is 16.6 Å². The molecule has 46 heavy (non-hydrogen) atoms. The van der Waals surface area contributed by atoms with Crippen LogP contribution in [0.15, 0.2) is 77.9 Å². The Labute approximate surface area is 264 Å². The van der Waals surface area contributed by atoms with Crippen molar-refractivity contribution >= 4 is 10.9 Å². The monoisotopic (exact) mass is 630 g/mol. The smallest absolute Gasteiger partial charge is 0.336 e. The first-order valence-corrected chi connectivity index (χ1v) is 14.9. The number of nitrogens with zero attached hydrogens (tertiary/aromatic N) is 4. The first-order valence-electron chi connectivity index (χ1n) is 14.9. The molecule has 0 amide bonds. The van der Waals surface area contributed by atoms with Gasteiger partial charge in [-0.2, -0.15) is 0 Å². The normalized spacial score (nSPS) is 13.5. The van der Waals surface area contributed by atoms with Crippen molar-refractivity contribution in [2.45, 2.75) is 13.0 Å². The van der Waals surface area contributed by atoms with Gasteiger partial charge in [0.05, 0.1) is 58.0 Å². The fourth-order valence-electron chi connectivity index (χ4n) is 5.38. The van der Waals surface area contributed by atoms with Gasteiger partial charge in [-0.05, 0) is 48.4 Å². The molecule has 5 aromatic rings. The molecule has 0 bridgehead atoms. The van der Waals surface area contributed by atoms with E-state index in [9.17, 15) is 9.90 Å². The highest BCUT2D eigenvalue weighted by molar-refractivity contribution is 5.88. The van der Waals surface area contributed by atoms with E-state index in [1.807, 2.05) is 12.1 Å². The summed E-state index contributed by atoms with van der Waals surface area (Å²) in [6.07, 6.45) is 3.74. The third-order valence-corrected chi connectivity index (χ3v) is 7.81. The van der Waals surface area contributed by atoms with Gasteiger partial charge < -0.3 is 28.8 Å². The van der Waals surface area contributed by atoms with Crippen LogP contribution in [0.2, 0.25) is 0 Å². The molecule has 0 aliphatic carbocycles. The zero-order chi connectivity index (χ0) is 32.0. The summed E-state index contributed by atoms with van der Waals surface area (Å²) in [6.45, 7) is 5.01. The van der Waals surface area contributed by atoms with E-state index < -0.39 is 11.5 Å². The number of rotatable bonds is 12. The molecular weight excluding hydrogens is 595 g/mol. The lowest BCUT2D eigenvalue weighted by molar-refractivity contribution is 0.0357. The molecule has 0 radical (unpaired) electrons. The molecule has 0 unspecified atom stereocenters. The van der Waals surface area contributed by atoms with Gasteiger partial charge in [0.1, 0.15) is 11.5 Å². The summed E-state index contributed by atoms with van der Waals surface area (Å²) in [5.41, 5.74) is 1.05. The molecule has 3 heterocycles. The Morgan fingerprint density at radius 2 is 1.74 bits per heavy atom. The van der Waals surface area contributed by atoms with Gasteiger partial charge >= 0.3 is 5.69 Å². The van der Waals surface area contributed by atoms with Crippen molar-refractivity contribution in [3.63, 3.8) is 0 Å². The van der Waals surface area contributed by atoms with Crippen molar-refractivity contribution in [1.82, 2.24) is 19.0 Å². The Balaban J connectivity index is 1.18. The molecule has 12 heteroatoms. The molecule has 240 valence electrons. The Morgan fingerprint density at radius 3 is 2.48 bits per heavy atom. The highest BCUT2D eigenvalue weighted by Gasteiger charge is 2.18. The van der Waals surface area contributed by atoms with Crippen molar-refractivity contribution in [1.29, 1.82) is 0 Å². The predicted molar refractivity (Wildman–Crippen MR) is 169 cm³/mol. The van der Waals surface area contributed by atoms with Gasteiger partial charge in [-0.1, -0.05) is 12.1 Å². The van der Waals surface area contributed by atoms with Gasteiger partial charge in [-0.3, -0.25) is 14.5 Å². The van der Waals surface area contributed by atoms with Crippen LogP contribution in [0.5, 0.6) is 34.6 Å². The fourth-order valence-corrected chi connectivity index (χ4v) is 5.38. The van der Waals surface area contributed by atoms with Crippen molar-refractivity contribution in [3.05, 3.63) is 94.9 Å². The number of imidazole rings is 1. The predicted octanol–water partition coefficient (Wildman–Crippen LogP) is 4.99. The van der Waals surface area contributed by atoms with Gasteiger partial charge in [-0.15, -0.1) is 0 Å². The summed E-state index contributed by atoms with van der Waals surface area (Å²) < 4.78 is 46.0. The van der Waals surface area contributed by atoms with Crippen LogP contribution in [0, 0.1) is 5.82 Å². The van der Waals surface area contributed by atoms with Crippen LogP contribution in [-0.2, 0) is 11.3 Å². The third kappa shape index (κ3) is 6.77. The molecule has 1 fully saturated rings. The van der Waals surface area contributed by atoms with Gasteiger partial charge in [0.25, 0.3) is 0 Å². The first-order chi connectivity index (χ1) is 22.4. The maximum Gasteiger partial charge on any atom is 0.336 e. The second kappa shape index (κ2) is 13.9. The van der Waals surface area contributed by atoms with E-state index in [-0.39, 0.29) is 23.9 Å². The summed E-state index contributed by atoms with van der Waals surface area (Å²) in [4.78, 5) is 19.9. The first kappa shape index (κ1) is 30.9. The summed E-state index contributed by atoms with van der Waals surface area (Å²) in [6, 6.07) is 16.4. The Kier molecular flexibility index (Phi) is 9.36. The van der Waals surface area contributed by atoms with Gasteiger partial charge in [0.2, 0.25) is 5.88 Å². The van der Waals surface area contributed by atoms with Gasteiger partial charge in [-0.25, -0.2) is 13.8 Å². The number of hydrogen-bond donors (Lipinski definition) is 1. The Bertz CT molecular complexity index is 1870. The fraction of sp³-hybridized carbons (Fsp3) is 0.294. The largest absolute Gasteiger partial charge is 0.497 e. The average molecular weight is 631 g/mol. The second-order valence-electron chi connectivity index (χ2n) is 10.8. The topological polar surface area (TPSA) is 109 Å². The van der Waals surface area contributed by atoms with E-state index in [0.717, 1.165) is 55.5 Å². The number of hydrogen-bond acceptors (Lipinski definition) is 9. The molecule has 0 spiro atoms. The maximum atomic E-state index is 15.4. The number of morpholine rings is 1. The number of benzene rings is 3. The molecular formula is C34H35FN4O7. The Hall–Kier alpha value is -5.07.